The average Bonchev–Trinajstić information content (AvgIpc) is 2.61. The predicted octanol–water partition coefficient (Wildman–Crippen LogP) is 3.15. The van der Waals surface area contributed by atoms with Crippen LogP contribution in [0.5, 0.6) is 0 Å². The molecular weight excluding hydrogens is 372 g/mol. The monoisotopic (exact) mass is 408 g/mol. The second-order valence-corrected chi connectivity index (χ2v) is 9.85. The van der Waals surface area contributed by atoms with Gasteiger partial charge < -0.3 is 10.6 Å². The molecule has 0 heterocycles. The zero-order valence-electron chi connectivity index (χ0n) is 17.7. The Balaban J connectivity index is 2.07. The summed E-state index contributed by atoms with van der Waals surface area (Å²) in [6, 6.07) is 7.97. The van der Waals surface area contributed by atoms with Crippen LogP contribution in [0.3, 0.4) is 0 Å². The van der Waals surface area contributed by atoms with E-state index in [1.165, 1.54) is 25.7 Å². The lowest BCUT2D eigenvalue weighted by atomic mass is 9.87. The zero-order valence-corrected chi connectivity index (χ0v) is 18.5. The molecule has 1 aromatic rings. The van der Waals surface area contributed by atoms with Crippen LogP contribution in [0.25, 0.3) is 0 Å². The molecule has 0 radical (unpaired) electrons. The van der Waals surface area contributed by atoms with Crippen molar-refractivity contribution in [3.8, 4) is 0 Å². The standard InChI is InChI=1S/C21H36N4O2S/c1-5-22-21(24-20-12-10-17(4)11-13-20)23-14-18-8-6-7-9-19(18)15-28(26,27)25-16(2)3/h6-9,16-17,20,25H,5,10-15H2,1-4H3,(H2,22,23,24). The molecule has 1 fully saturated rings. The van der Waals surface area contributed by atoms with Gasteiger partial charge >= 0.3 is 0 Å². The Morgan fingerprint density at radius 3 is 2.39 bits per heavy atom. The predicted molar refractivity (Wildman–Crippen MR) is 117 cm³/mol. The molecule has 1 aromatic carbocycles. The number of aliphatic imine (C=N–C) groups is 1. The van der Waals surface area contributed by atoms with Gasteiger partial charge in [-0.05, 0) is 63.5 Å². The highest BCUT2D eigenvalue weighted by atomic mass is 32.2. The average molecular weight is 409 g/mol. The Labute approximate surface area is 170 Å². The summed E-state index contributed by atoms with van der Waals surface area (Å²) in [5.74, 6) is 1.59. The molecular formula is C21H36N4O2S. The van der Waals surface area contributed by atoms with Gasteiger partial charge in [0, 0.05) is 18.6 Å². The van der Waals surface area contributed by atoms with E-state index in [0.29, 0.717) is 12.6 Å². The topological polar surface area (TPSA) is 82.6 Å². The second kappa shape index (κ2) is 10.8. The molecule has 3 N–H and O–H groups in total. The van der Waals surface area contributed by atoms with Gasteiger partial charge in [-0.25, -0.2) is 18.1 Å². The fraction of sp³-hybridized carbons (Fsp3) is 0.667. The van der Waals surface area contributed by atoms with E-state index in [2.05, 4.69) is 29.2 Å². The maximum absolute atomic E-state index is 12.3. The van der Waals surface area contributed by atoms with E-state index in [-0.39, 0.29) is 11.8 Å². The fourth-order valence-corrected chi connectivity index (χ4v) is 5.03. The molecule has 0 aliphatic heterocycles. The number of hydrogen-bond acceptors (Lipinski definition) is 3. The highest BCUT2D eigenvalue weighted by Gasteiger charge is 2.19. The molecule has 6 nitrogen and oxygen atoms in total. The van der Waals surface area contributed by atoms with Crippen LogP contribution in [0, 0.1) is 5.92 Å². The first-order valence-corrected chi connectivity index (χ1v) is 12.1. The van der Waals surface area contributed by atoms with Crippen molar-refractivity contribution in [3.63, 3.8) is 0 Å². The molecule has 0 bridgehead atoms. The number of rotatable bonds is 8. The molecule has 1 aliphatic rings. The van der Waals surface area contributed by atoms with Crippen LogP contribution >= 0.6 is 0 Å². The van der Waals surface area contributed by atoms with E-state index in [9.17, 15) is 8.42 Å². The Morgan fingerprint density at radius 1 is 1.14 bits per heavy atom. The van der Waals surface area contributed by atoms with E-state index in [0.717, 1.165) is 29.5 Å². The molecule has 0 saturated heterocycles. The Kier molecular flexibility index (Phi) is 8.76. The lowest BCUT2D eigenvalue weighted by Crippen LogP contribution is -2.44. The number of nitrogens with one attached hydrogen (secondary N) is 3. The number of nitrogens with zero attached hydrogens (tertiary/aromatic N) is 1. The van der Waals surface area contributed by atoms with Gasteiger partial charge in [0.05, 0.1) is 12.3 Å². The van der Waals surface area contributed by atoms with Gasteiger partial charge in [0.25, 0.3) is 0 Å². The van der Waals surface area contributed by atoms with Gasteiger partial charge in [0.15, 0.2) is 5.96 Å². The van der Waals surface area contributed by atoms with Crippen molar-refractivity contribution in [1.29, 1.82) is 0 Å². The summed E-state index contributed by atoms with van der Waals surface area (Å²) >= 11 is 0. The minimum Gasteiger partial charge on any atom is -0.357 e. The van der Waals surface area contributed by atoms with Crippen molar-refractivity contribution in [1.82, 2.24) is 15.4 Å². The summed E-state index contributed by atoms with van der Waals surface area (Å²) in [6.07, 6.45) is 4.84. The van der Waals surface area contributed by atoms with Crippen LogP contribution in [0.15, 0.2) is 29.3 Å². The summed E-state index contributed by atoms with van der Waals surface area (Å²) in [6.45, 7) is 9.27. The molecule has 0 spiro atoms. The van der Waals surface area contributed by atoms with E-state index < -0.39 is 10.0 Å². The molecule has 0 unspecified atom stereocenters. The minimum atomic E-state index is -3.36. The molecule has 0 aromatic heterocycles. The maximum atomic E-state index is 12.3. The highest BCUT2D eigenvalue weighted by Crippen LogP contribution is 2.23. The lowest BCUT2D eigenvalue weighted by molar-refractivity contribution is 0.329. The van der Waals surface area contributed by atoms with Crippen molar-refractivity contribution in [2.75, 3.05) is 6.54 Å². The van der Waals surface area contributed by atoms with Gasteiger partial charge in [0.1, 0.15) is 0 Å². The maximum Gasteiger partial charge on any atom is 0.216 e. The third-order valence-corrected chi connectivity index (χ3v) is 6.51. The van der Waals surface area contributed by atoms with Gasteiger partial charge in [-0.2, -0.15) is 0 Å². The largest absolute Gasteiger partial charge is 0.357 e. The second-order valence-electron chi connectivity index (χ2n) is 8.10. The van der Waals surface area contributed by atoms with Crippen LogP contribution in [0.2, 0.25) is 0 Å². The smallest absolute Gasteiger partial charge is 0.216 e. The number of sulfonamides is 1. The third kappa shape index (κ3) is 7.80. The molecule has 0 amide bonds. The molecule has 28 heavy (non-hydrogen) atoms. The third-order valence-electron chi connectivity index (χ3n) is 4.99. The Hall–Kier alpha value is -1.60. The van der Waals surface area contributed by atoms with Crippen LogP contribution in [0.1, 0.15) is 64.5 Å². The quantitative estimate of drug-likeness (QED) is 0.456. The van der Waals surface area contributed by atoms with Crippen molar-refractivity contribution < 1.29 is 8.42 Å². The summed E-state index contributed by atoms with van der Waals surface area (Å²) in [7, 11) is -3.36. The summed E-state index contributed by atoms with van der Waals surface area (Å²) in [5, 5.41) is 6.86. The van der Waals surface area contributed by atoms with E-state index in [1.807, 2.05) is 38.1 Å². The first-order chi connectivity index (χ1) is 13.3. The van der Waals surface area contributed by atoms with Gasteiger partial charge in [-0.1, -0.05) is 31.2 Å². The molecule has 0 atom stereocenters. The van der Waals surface area contributed by atoms with Gasteiger partial charge in [-0.3, -0.25) is 0 Å². The van der Waals surface area contributed by atoms with Gasteiger partial charge in [0.2, 0.25) is 10.0 Å². The Bertz CT molecular complexity index is 739. The normalized spacial score (nSPS) is 21.0. The van der Waals surface area contributed by atoms with Crippen molar-refractivity contribution in [3.05, 3.63) is 35.4 Å². The minimum absolute atomic E-state index is 0.0264. The first-order valence-electron chi connectivity index (χ1n) is 10.4. The molecule has 1 aliphatic carbocycles. The molecule has 7 heteroatoms. The number of benzene rings is 1. The van der Waals surface area contributed by atoms with Crippen molar-refractivity contribution >= 4 is 16.0 Å². The molecule has 1 saturated carbocycles. The van der Waals surface area contributed by atoms with Crippen LogP contribution in [0.4, 0.5) is 0 Å². The number of hydrogen-bond donors (Lipinski definition) is 3. The summed E-state index contributed by atoms with van der Waals surface area (Å²) in [4.78, 5) is 4.73. The van der Waals surface area contributed by atoms with Crippen LogP contribution in [-0.4, -0.2) is 33.0 Å². The van der Waals surface area contributed by atoms with Crippen LogP contribution in [-0.2, 0) is 22.3 Å². The number of guanidine groups is 1. The summed E-state index contributed by atoms with van der Waals surface area (Å²) in [5.41, 5.74) is 1.73. The van der Waals surface area contributed by atoms with Gasteiger partial charge in [-0.15, -0.1) is 0 Å². The fourth-order valence-electron chi connectivity index (χ4n) is 3.54. The van der Waals surface area contributed by atoms with Crippen molar-refractivity contribution in [2.24, 2.45) is 10.9 Å². The first kappa shape index (κ1) is 22.7. The highest BCUT2D eigenvalue weighted by molar-refractivity contribution is 7.88. The van der Waals surface area contributed by atoms with E-state index in [1.54, 1.807) is 0 Å². The Morgan fingerprint density at radius 2 is 1.79 bits per heavy atom. The van der Waals surface area contributed by atoms with E-state index in [4.69, 9.17) is 4.99 Å². The van der Waals surface area contributed by atoms with Crippen LogP contribution < -0.4 is 15.4 Å². The SMILES string of the molecule is CCNC(=NCc1ccccc1CS(=O)(=O)NC(C)C)NC1CCC(C)CC1. The zero-order chi connectivity index (χ0) is 20.6. The summed E-state index contributed by atoms with van der Waals surface area (Å²) < 4.78 is 27.3. The molecule has 2 rings (SSSR count). The molecule has 158 valence electrons. The lowest BCUT2D eigenvalue weighted by Gasteiger charge is -2.28. The van der Waals surface area contributed by atoms with E-state index >= 15 is 0 Å². The van der Waals surface area contributed by atoms with Crippen molar-refractivity contribution in [2.45, 2.75) is 77.8 Å².